The number of likely N-dealkylation sites (N-methyl/N-ethyl adjacent to an activating group) is 1. The van der Waals surface area contributed by atoms with Crippen molar-refractivity contribution in [3.63, 3.8) is 0 Å². The summed E-state index contributed by atoms with van der Waals surface area (Å²) in [6, 6.07) is 7.88. The first-order valence-corrected chi connectivity index (χ1v) is 7.50. The first kappa shape index (κ1) is 13.9. The molecule has 1 aromatic rings. The van der Waals surface area contributed by atoms with E-state index in [1.807, 2.05) is 38.2 Å². The molecular formula is C16H21N3O2. The summed E-state index contributed by atoms with van der Waals surface area (Å²) in [7, 11) is 2.03. The molecule has 0 saturated heterocycles. The second-order valence-corrected chi connectivity index (χ2v) is 5.81. The molecule has 2 aliphatic rings. The summed E-state index contributed by atoms with van der Waals surface area (Å²) in [5.41, 5.74) is 1.13. The van der Waals surface area contributed by atoms with Gasteiger partial charge in [-0.25, -0.2) is 0 Å². The van der Waals surface area contributed by atoms with Crippen LogP contribution in [-0.2, 0) is 9.59 Å². The maximum absolute atomic E-state index is 12.9. The minimum atomic E-state index is -0.820. The lowest BCUT2D eigenvalue weighted by atomic mass is 10.0. The van der Waals surface area contributed by atoms with Crippen LogP contribution >= 0.6 is 0 Å². The molecule has 3 rings (SSSR count). The zero-order valence-corrected chi connectivity index (χ0v) is 12.6. The molecule has 0 radical (unpaired) electrons. The van der Waals surface area contributed by atoms with Crippen molar-refractivity contribution in [2.75, 3.05) is 36.5 Å². The topological polar surface area (TPSA) is 52.7 Å². The van der Waals surface area contributed by atoms with Crippen LogP contribution in [0.3, 0.4) is 0 Å². The third-order valence-corrected chi connectivity index (χ3v) is 4.42. The normalized spacial score (nSPS) is 19.0. The van der Waals surface area contributed by atoms with Crippen molar-refractivity contribution in [1.82, 2.24) is 5.32 Å². The summed E-state index contributed by atoms with van der Waals surface area (Å²) >= 11 is 0. The lowest BCUT2D eigenvalue weighted by Crippen LogP contribution is -2.49. The zero-order valence-electron chi connectivity index (χ0n) is 12.6. The third-order valence-electron chi connectivity index (χ3n) is 4.42. The molecular weight excluding hydrogens is 266 g/mol. The van der Waals surface area contributed by atoms with Gasteiger partial charge in [-0.3, -0.25) is 9.59 Å². The number of carbonyl (C=O) groups excluding carboxylic acids is 2. The van der Waals surface area contributed by atoms with E-state index in [-0.39, 0.29) is 11.8 Å². The molecule has 1 saturated carbocycles. The van der Waals surface area contributed by atoms with E-state index in [9.17, 15) is 9.59 Å². The van der Waals surface area contributed by atoms with Gasteiger partial charge in [0.1, 0.15) is 5.41 Å². The van der Waals surface area contributed by atoms with E-state index in [1.165, 1.54) is 0 Å². The molecule has 0 bridgehead atoms. The number of hydrogen-bond donors (Lipinski definition) is 1. The van der Waals surface area contributed by atoms with Gasteiger partial charge in [0.15, 0.2) is 0 Å². The Balaban J connectivity index is 1.90. The fourth-order valence-corrected chi connectivity index (χ4v) is 2.97. The maximum atomic E-state index is 12.9. The number of nitrogens with zero attached hydrogens (tertiary/aromatic N) is 2. The molecule has 21 heavy (non-hydrogen) atoms. The molecule has 5 heteroatoms. The Morgan fingerprint density at radius 1 is 1.19 bits per heavy atom. The summed E-state index contributed by atoms with van der Waals surface area (Å²) in [4.78, 5) is 29.1. The van der Waals surface area contributed by atoms with Crippen molar-refractivity contribution in [2.24, 2.45) is 5.41 Å². The monoisotopic (exact) mass is 287 g/mol. The zero-order chi connectivity index (χ0) is 15.0. The molecule has 2 amide bonds. The maximum Gasteiger partial charge on any atom is 0.242 e. The van der Waals surface area contributed by atoms with Gasteiger partial charge in [0, 0.05) is 26.7 Å². The standard InChI is InChI=1S/C16H21N3O2/c1-3-17-14(20)16(8-9-16)15(21)19-11-10-18(2)12-6-4-5-7-13(12)19/h4-7H,3,8-11H2,1-2H3,(H,17,20). The Morgan fingerprint density at radius 2 is 1.86 bits per heavy atom. The average Bonchev–Trinajstić information content (AvgIpc) is 3.29. The number of carbonyl (C=O) groups is 2. The fourth-order valence-electron chi connectivity index (χ4n) is 2.97. The summed E-state index contributed by atoms with van der Waals surface area (Å²) in [5.74, 6) is -0.166. The SMILES string of the molecule is CCNC(=O)C1(C(=O)N2CCN(C)c3ccccc32)CC1. The molecule has 0 aromatic heterocycles. The number of amides is 2. The van der Waals surface area contributed by atoms with Gasteiger partial charge in [-0.1, -0.05) is 12.1 Å². The largest absolute Gasteiger partial charge is 0.371 e. The van der Waals surface area contributed by atoms with E-state index < -0.39 is 5.41 Å². The van der Waals surface area contributed by atoms with Gasteiger partial charge in [-0.15, -0.1) is 0 Å². The van der Waals surface area contributed by atoms with Crippen molar-refractivity contribution in [1.29, 1.82) is 0 Å². The van der Waals surface area contributed by atoms with Gasteiger partial charge < -0.3 is 15.1 Å². The minimum absolute atomic E-state index is 0.0472. The summed E-state index contributed by atoms with van der Waals surface area (Å²) < 4.78 is 0. The molecule has 112 valence electrons. The second kappa shape index (κ2) is 5.06. The van der Waals surface area contributed by atoms with Crippen LogP contribution in [0.4, 0.5) is 11.4 Å². The van der Waals surface area contributed by atoms with Gasteiger partial charge in [0.25, 0.3) is 0 Å². The number of fused-ring (bicyclic) bond motifs is 1. The lowest BCUT2D eigenvalue weighted by Gasteiger charge is -2.37. The molecule has 0 spiro atoms. The Morgan fingerprint density at radius 3 is 2.48 bits per heavy atom. The summed E-state index contributed by atoms with van der Waals surface area (Å²) in [5, 5.41) is 2.80. The molecule has 0 atom stereocenters. The lowest BCUT2D eigenvalue weighted by molar-refractivity contribution is -0.135. The van der Waals surface area contributed by atoms with Crippen LogP contribution in [0.2, 0.25) is 0 Å². The van der Waals surface area contributed by atoms with Crippen molar-refractivity contribution in [2.45, 2.75) is 19.8 Å². The highest BCUT2D eigenvalue weighted by molar-refractivity contribution is 6.15. The predicted octanol–water partition coefficient (Wildman–Crippen LogP) is 1.39. The third kappa shape index (κ3) is 2.17. The quantitative estimate of drug-likeness (QED) is 0.855. The Hall–Kier alpha value is -2.04. The minimum Gasteiger partial charge on any atom is -0.371 e. The van der Waals surface area contributed by atoms with Gasteiger partial charge in [0.05, 0.1) is 11.4 Å². The molecule has 1 aromatic carbocycles. The van der Waals surface area contributed by atoms with Gasteiger partial charge in [0.2, 0.25) is 11.8 Å². The number of benzene rings is 1. The molecule has 1 fully saturated rings. The van der Waals surface area contributed by atoms with Crippen LogP contribution < -0.4 is 15.1 Å². The van der Waals surface area contributed by atoms with E-state index >= 15 is 0 Å². The second-order valence-electron chi connectivity index (χ2n) is 5.81. The van der Waals surface area contributed by atoms with Crippen LogP contribution in [0.1, 0.15) is 19.8 Å². The van der Waals surface area contributed by atoms with Crippen molar-refractivity contribution >= 4 is 23.2 Å². The highest BCUT2D eigenvalue weighted by Gasteiger charge is 2.58. The van der Waals surface area contributed by atoms with Crippen LogP contribution in [0, 0.1) is 5.41 Å². The van der Waals surface area contributed by atoms with Crippen molar-refractivity contribution < 1.29 is 9.59 Å². The number of rotatable bonds is 3. The number of nitrogens with one attached hydrogen (secondary N) is 1. The van der Waals surface area contributed by atoms with Crippen molar-refractivity contribution in [3.8, 4) is 0 Å². The highest BCUT2D eigenvalue weighted by Crippen LogP contribution is 2.49. The molecule has 1 heterocycles. The fraction of sp³-hybridized carbons (Fsp3) is 0.500. The molecule has 0 unspecified atom stereocenters. The van der Waals surface area contributed by atoms with Crippen LogP contribution in [0.25, 0.3) is 0 Å². The molecule has 1 aliphatic heterocycles. The van der Waals surface area contributed by atoms with E-state index in [4.69, 9.17) is 0 Å². The van der Waals surface area contributed by atoms with E-state index in [1.54, 1.807) is 4.90 Å². The predicted molar refractivity (Wildman–Crippen MR) is 82.4 cm³/mol. The number of anilines is 2. The van der Waals surface area contributed by atoms with Crippen LogP contribution in [0.15, 0.2) is 24.3 Å². The molecule has 5 nitrogen and oxygen atoms in total. The Labute approximate surface area is 124 Å². The number of hydrogen-bond acceptors (Lipinski definition) is 3. The van der Waals surface area contributed by atoms with Gasteiger partial charge in [-0.05, 0) is 31.9 Å². The van der Waals surface area contributed by atoms with Crippen molar-refractivity contribution in [3.05, 3.63) is 24.3 Å². The summed E-state index contributed by atoms with van der Waals surface area (Å²) in [6.07, 6.45) is 1.32. The van der Waals surface area contributed by atoms with E-state index in [0.29, 0.717) is 25.9 Å². The smallest absolute Gasteiger partial charge is 0.242 e. The summed E-state index contributed by atoms with van der Waals surface area (Å²) in [6.45, 7) is 3.86. The average molecular weight is 287 g/mol. The highest BCUT2D eigenvalue weighted by atomic mass is 16.2. The molecule has 1 aliphatic carbocycles. The Kier molecular flexibility index (Phi) is 3.35. The molecule has 1 N–H and O–H groups in total. The van der Waals surface area contributed by atoms with Crippen LogP contribution in [-0.4, -0.2) is 38.5 Å². The van der Waals surface area contributed by atoms with E-state index in [0.717, 1.165) is 17.9 Å². The first-order valence-electron chi connectivity index (χ1n) is 7.50. The van der Waals surface area contributed by atoms with Crippen LogP contribution in [0.5, 0.6) is 0 Å². The van der Waals surface area contributed by atoms with Gasteiger partial charge in [-0.2, -0.15) is 0 Å². The first-order chi connectivity index (χ1) is 10.1. The van der Waals surface area contributed by atoms with Gasteiger partial charge >= 0.3 is 0 Å². The van der Waals surface area contributed by atoms with E-state index in [2.05, 4.69) is 10.2 Å². The Bertz CT molecular complexity index is 581. The number of para-hydroxylation sites is 2.